The summed E-state index contributed by atoms with van der Waals surface area (Å²) in [6.07, 6.45) is 0. The molecule has 0 saturated heterocycles. The summed E-state index contributed by atoms with van der Waals surface area (Å²) in [6.45, 7) is 3.93. The molecule has 0 radical (unpaired) electrons. The van der Waals surface area contributed by atoms with Gasteiger partial charge in [0.2, 0.25) is 0 Å². The van der Waals surface area contributed by atoms with Crippen molar-refractivity contribution in [1.82, 2.24) is 0 Å². The minimum atomic E-state index is 1.12. The molecule has 0 aliphatic rings. The summed E-state index contributed by atoms with van der Waals surface area (Å²) in [6, 6.07) is 2.09. The second kappa shape index (κ2) is 3.23. The van der Waals surface area contributed by atoms with Crippen LogP contribution in [0.5, 0.6) is 0 Å². The Bertz CT molecular complexity index is 288. The van der Waals surface area contributed by atoms with Gasteiger partial charge < -0.3 is 0 Å². The molecule has 0 N–H and O–H groups in total. The minimum Gasteiger partial charge on any atom is -0.131 e. The molecule has 0 aromatic carbocycles. The molecule has 1 heterocycles. The van der Waals surface area contributed by atoms with E-state index in [1.165, 1.54) is 4.88 Å². The second-order valence-electron chi connectivity index (χ2n) is 1.91. The summed E-state index contributed by atoms with van der Waals surface area (Å²) in [7, 11) is 0. The van der Waals surface area contributed by atoms with E-state index in [2.05, 4.69) is 40.8 Å². The van der Waals surface area contributed by atoms with Crippen molar-refractivity contribution in [2.75, 3.05) is 0 Å². The standard InChI is InChI=1S/C8H7BrS/c1-3-4-8-7(9)5-6(2)10-8/h5H,1-2H3. The average molecular weight is 215 g/mol. The fraction of sp³-hybridized carbons (Fsp3) is 0.250. The zero-order valence-electron chi connectivity index (χ0n) is 5.86. The second-order valence-corrected chi connectivity index (χ2v) is 4.02. The zero-order chi connectivity index (χ0) is 7.56. The van der Waals surface area contributed by atoms with Gasteiger partial charge in [-0.25, -0.2) is 0 Å². The van der Waals surface area contributed by atoms with E-state index in [0.29, 0.717) is 0 Å². The van der Waals surface area contributed by atoms with E-state index in [-0.39, 0.29) is 0 Å². The summed E-state index contributed by atoms with van der Waals surface area (Å²) in [5, 5.41) is 0. The lowest BCUT2D eigenvalue weighted by molar-refractivity contribution is 1.62. The normalized spacial score (nSPS) is 8.70. The van der Waals surface area contributed by atoms with Crippen LogP contribution in [0.25, 0.3) is 0 Å². The zero-order valence-corrected chi connectivity index (χ0v) is 8.27. The molecule has 0 nitrogen and oxygen atoms in total. The number of hydrogen-bond donors (Lipinski definition) is 0. The van der Waals surface area contributed by atoms with E-state index in [0.717, 1.165) is 9.35 Å². The van der Waals surface area contributed by atoms with Gasteiger partial charge in [0.1, 0.15) is 0 Å². The fourth-order valence-corrected chi connectivity index (χ4v) is 2.33. The number of hydrogen-bond acceptors (Lipinski definition) is 1. The Morgan fingerprint density at radius 3 is 2.70 bits per heavy atom. The van der Waals surface area contributed by atoms with E-state index in [1.807, 2.05) is 6.92 Å². The first-order chi connectivity index (χ1) is 4.74. The highest BCUT2D eigenvalue weighted by molar-refractivity contribution is 9.10. The average Bonchev–Trinajstić information content (AvgIpc) is 2.13. The van der Waals surface area contributed by atoms with Gasteiger partial charge >= 0.3 is 0 Å². The first-order valence-electron chi connectivity index (χ1n) is 2.92. The number of thiophene rings is 1. The van der Waals surface area contributed by atoms with Crippen molar-refractivity contribution >= 4 is 27.3 Å². The minimum absolute atomic E-state index is 1.12. The maximum Gasteiger partial charge on any atom is 0.0912 e. The molecule has 0 unspecified atom stereocenters. The van der Waals surface area contributed by atoms with E-state index in [1.54, 1.807) is 11.3 Å². The maximum absolute atomic E-state index is 3.43. The molecule has 0 atom stereocenters. The highest BCUT2D eigenvalue weighted by Crippen LogP contribution is 2.25. The molecule has 0 aliphatic heterocycles. The molecule has 0 spiro atoms. The number of aryl methyl sites for hydroxylation is 1. The molecule has 0 aliphatic carbocycles. The van der Waals surface area contributed by atoms with Crippen LogP contribution in [-0.2, 0) is 0 Å². The van der Waals surface area contributed by atoms with Crippen molar-refractivity contribution in [2.24, 2.45) is 0 Å². The first-order valence-corrected chi connectivity index (χ1v) is 4.53. The van der Waals surface area contributed by atoms with Crippen molar-refractivity contribution < 1.29 is 0 Å². The largest absolute Gasteiger partial charge is 0.131 e. The Morgan fingerprint density at radius 1 is 1.60 bits per heavy atom. The van der Waals surface area contributed by atoms with Crippen molar-refractivity contribution in [3.8, 4) is 11.8 Å². The van der Waals surface area contributed by atoms with Gasteiger partial charge in [-0.1, -0.05) is 5.92 Å². The van der Waals surface area contributed by atoms with Gasteiger partial charge in [-0.15, -0.1) is 17.3 Å². The van der Waals surface area contributed by atoms with Crippen LogP contribution >= 0.6 is 27.3 Å². The Balaban J connectivity index is 3.11. The molecule has 2 heteroatoms. The summed E-state index contributed by atoms with van der Waals surface area (Å²) in [4.78, 5) is 2.42. The third-order valence-electron chi connectivity index (χ3n) is 1.05. The Labute approximate surface area is 73.4 Å². The van der Waals surface area contributed by atoms with Gasteiger partial charge in [0, 0.05) is 9.35 Å². The van der Waals surface area contributed by atoms with Gasteiger partial charge in [-0.2, -0.15) is 0 Å². The molecule has 1 aromatic rings. The van der Waals surface area contributed by atoms with E-state index < -0.39 is 0 Å². The van der Waals surface area contributed by atoms with Gasteiger partial charge in [0.15, 0.2) is 0 Å². The number of rotatable bonds is 0. The van der Waals surface area contributed by atoms with Crippen LogP contribution in [0.4, 0.5) is 0 Å². The molecule has 1 rings (SSSR count). The topological polar surface area (TPSA) is 0 Å². The predicted molar refractivity (Wildman–Crippen MR) is 49.3 cm³/mol. The SMILES string of the molecule is CC#Cc1sc(C)cc1Br. The van der Waals surface area contributed by atoms with Crippen LogP contribution < -0.4 is 0 Å². The van der Waals surface area contributed by atoms with Crippen LogP contribution in [0.3, 0.4) is 0 Å². The maximum atomic E-state index is 3.43. The van der Waals surface area contributed by atoms with E-state index in [9.17, 15) is 0 Å². The monoisotopic (exact) mass is 214 g/mol. The lowest BCUT2D eigenvalue weighted by atomic mass is 10.4. The van der Waals surface area contributed by atoms with E-state index in [4.69, 9.17) is 0 Å². The molecule has 0 bridgehead atoms. The van der Waals surface area contributed by atoms with Crippen molar-refractivity contribution in [3.05, 3.63) is 20.3 Å². The smallest absolute Gasteiger partial charge is 0.0912 e. The van der Waals surface area contributed by atoms with Gasteiger partial charge in [0.25, 0.3) is 0 Å². The lowest BCUT2D eigenvalue weighted by Crippen LogP contribution is -1.60. The van der Waals surface area contributed by atoms with Crippen molar-refractivity contribution in [1.29, 1.82) is 0 Å². The highest BCUT2D eigenvalue weighted by atomic mass is 79.9. The molecule has 0 fully saturated rings. The van der Waals surface area contributed by atoms with E-state index >= 15 is 0 Å². The predicted octanol–water partition coefficient (Wildman–Crippen LogP) is 3.19. The van der Waals surface area contributed by atoms with Gasteiger partial charge in [-0.05, 0) is 35.8 Å². The van der Waals surface area contributed by atoms with Crippen LogP contribution in [0.1, 0.15) is 16.7 Å². The summed E-state index contributed by atoms with van der Waals surface area (Å²) in [5.41, 5.74) is 0. The third kappa shape index (κ3) is 1.62. The molecular weight excluding hydrogens is 208 g/mol. The van der Waals surface area contributed by atoms with Crippen LogP contribution in [0, 0.1) is 18.8 Å². The molecule has 0 amide bonds. The van der Waals surface area contributed by atoms with Crippen molar-refractivity contribution in [2.45, 2.75) is 13.8 Å². The quantitative estimate of drug-likeness (QED) is 0.583. The number of halogens is 1. The molecule has 10 heavy (non-hydrogen) atoms. The molecule has 52 valence electrons. The summed E-state index contributed by atoms with van der Waals surface area (Å²) in [5.74, 6) is 5.89. The van der Waals surface area contributed by atoms with Gasteiger partial charge in [-0.3, -0.25) is 0 Å². The first kappa shape index (κ1) is 7.84. The lowest BCUT2D eigenvalue weighted by Gasteiger charge is -1.78. The highest BCUT2D eigenvalue weighted by Gasteiger charge is 1.99. The molecular formula is C8H7BrS. The summed E-state index contributed by atoms with van der Waals surface area (Å²) >= 11 is 5.14. The van der Waals surface area contributed by atoms with Crippen LogP contribution in [-0.4, -0.2) is 0 Å². The third-order valence-corrected chi connectivity index (χ3v) is 2.90. The Morgan fingerprint density at radius 2 is 2.30 bits per heavy atom. The molecule has 1 aromatic heterocycles. The van der Waals surface area contributed by atoms with Crippen LogP contribution in [0.2, 0.25) is 0 Å². The van der Waals surface area contributed by atoms with Crippen LogP contribution in [0.15, 0.2) is 10.5 Å². The van der Waals surface area contributed by atoms with Crippen molar-refractivity contribution in [3.63, 3.8) is 0 Å². The fourth-order valence-electron chi connectivity index (χ4n) is 0.682. The summed E-state index contributed by atoms with van der Waals surface area (Å²) < 4.78 is 1.12. The Hall–Kier alpha value is -0.260. The Kier molecular flexibility index (Phi) is 2.53. The van der Waals surface area contributed by atoms with Gasteiger partial charge in [0.05, 0.1) is 4.88 Å². The molecule has 0 saturated carbocycles.